The lowest BCUT2D eigenvalue weighted by molar-refractivity contribution is -0.122. The molecule has 3 atom stereocenters. The fourth-order valence-electron chi connectivity index (χ4n) is 5.66. The van der Waals surface area contributed by atoms with Crippen LogP contribution in [0.3, 0.4) is 0 Å². The topological polar surface area (TPSA) is 37.3 Å². The molecule has 2 heteroatoms. The van der Waals surface area contributed by atoms with Gasteiger partial charge in [-0.25, -0.2) is 0 Å². The minimum atomic E-state index is 0.203. The van der Waals surface area contributed by atoms with Gasteiger partial charge in [-0.3, -0.25) is 4.79 Å². The van der Waals surface area contributed by atoms with E-state index in [-0.39, 0.29) is 5.41 Å². The zero-order chi connectivity index (χ0) is 17.2. The largest absolute Gasteiger partial charge is 0.508 e. The van der Waals surface area contributed by atoms with Gasteiger partial charge >= 0.3 is 0 Å². The number of carbonyl (C=O) groups excluding carboxylic acids is 1. The monoisotopic (exact) mass is 328 g/mol. The van der Waals surface area contributed by atoms with Gasteiger partial charge in [-0.2, -0.15) is 0 Å². The summed E-state index contributed by atoms with van der Waals surface area (Å²) in [5.41, 5.74) is 1.61. The van der Waals surface area contributed by atoms with Crippen LogP contribution in [0, 0.1) is 17.8 Å². The first kappa shape index (κ1) is 17.5. The summed E-state index contributed by atoms with van der Waals surface area (Å²) in [7, 11) is 0. The molecule has 2 fully saturated rings. The zero-order valence-corrected chi connectivity index (χ0v) is 15.3. The van der Waals surface area contributed by atoms with Crippen LogP contribution in [0.25, 0.3) is 0 Å². The van der Waals surface area contributed by atoms with Gasteiger partial charge in [-0.1, -0.05) is 38.8 Å². The molecule has 3 unspecified atom stereocenters. The van der Waals surface area contributed by atoms with Crippen molar-refractivity contribution in [2.24, 2.45) is 17.8 Å². The van der Waals surface area contributed by atoms with Crippen LogP contribution in [0.2, 0.25) is 0 Å². The van der Waals surface area contributed by atoms with E-state index in [1.54, 1.807) is 0 Å². The van der Waals surface area contributed by atoms with Crippen molar-refractivity contribution in [1.29, 1.82) is 0 Å². The van der Waals surface area contributed by atoms with E-state index in [0.29, 0.717) is 23.4 Å². The number of phenolic OH excluding ortho intramolecular Hbond substituents is 1. The SMILES string of the molecule is CCC1CCC(c2ccc(O)cc2)(C2CCC(=O)CC2)C(CC)C1. The quantitative estimate of drug-likeness (QED) is 0.778. The standard InChI is InChI=1S/C22H32O2/c1-3-16-13-14-22(17(4-2)15-16,18-5-9-20(23)10-6-18)19-7-11-21(24)12-8-19/h5-6,9-10,16-17,19,23H,3-4,7-8,11-15H2,1-2H3. The molecule has 1 aromatic carbocycles. The third-order valence-electron chi connectivity index (χ3n) is 7.06. The molecule has 1 aromatic rings. The zero-order valence-electron chi connectivity index (χ0n) is 15.3. The first-order valence-corrected chi connectivity index (χ1v) is 9.91. The minimum Gasteiger partial charge on any atom is -0.508 e. The van der Waals surface area contributed by atoms with E-state index in [9.17, 15) is 9.90 Å². The smallest absolute Gasteiger partial charge is 0.132 e. The molecular formula is C22H32O2. The first-order chi connectivity index (χ1) is 11.6. The van der Waals surface area contributed by atoms with Gasteiger partial charge in [0, 0.05) is 18.3 Å². The van der Waals surface area contributed by atoms with Crippen molar-refractivity contribution in [2.75, 3.05) is 0 Å². The van der Waals surface area contributed by atoms with Crippen LogP contribution in [0.15, 0.2) is 24.3 Å². The number of benzene rings is 1. The molecule has 0 bridgehead atoms. The summed E-state index contributed by atoms with van der Waals surface area (Å²) in [6.45, 7) is 4.66. The molecule has 3 rings (SSSR count). The molecule has 0 radical (unpaired) electrons. The lowest BCUT2D eigenvalue weighted by atomic mass is 9.51. The van der Waals surface area contributed by atoms with Crippen molar-refractivity contribution in [3.05, 3.63) is 29.8 Å². The molecule has 0 aromatic heterocycles. The summed E-state index contributed by atoms with van der Waals surface area (Å²) in [5, 5.41) is 9.74. The molecule has 2 saturated carbocycles. The summed E-state index contributed by atoms with van der Waals surface area (Å²) in [4.78, 5) is 11.8. The Morgan fingerprint density at radius 1 is 1.04 bits per heavy atom. The Morgan fingerprint density at radius 2 is 1.71 bits per heavy atom. The average molecular weight is 328 g/mol. The van der Waals surface area contributed by atoms with Crippen molar-refractivity contribution in [2.45, 2.75) is 77.0 Å². The number of carbonyl (C=O) groups is 1. The van der Waals surface area contributed by atoms with Crippen LogP contribution >= 0.6 is 0 Å². The Morgan fingerprint density at radius 3 is 2.29 bits per heavy atom. The van der Waals surface area contributed by atoms with Crippen LogP contribution in [-0.4, -0.2) is 10.9 Å². The van der Waals surface area contributed by atoms with Gasteiger partial charge in [0.15, 0.2) is 0 Å². The van der Waals surface area contributed by atoms with Crippen molar-refractivity contribution in [3.8, 4) is 5.75 Å². The van der Waals surface area contributed by atoms with Gasteiger partial charge in [0.25, 0.3) is 0 Å². The fraction of sp³-hybridized carbons (Fsp3) is 0.682. The summed E-state index contributed by atoms with van der Waals surface area (Å²) < 4.78 is 0. The van der Waals surface area contributed by atoms with E-state index < -0.39 is 0 Å². The molecule has 2 aliphatic rings. The molecule has 0 saturated heterocycles. The Hall–Kier alpha value is -1.31. The Labute approximate surface area is 146 Å². The van der Waals surface area contributed by atoms with E-state index >= 15 is 0 Å². The van der Waals surface area contributed by atoms with Crippen LogP contribution in [0.1, 0.15) is 77.2 Å². The fourth-order valence-corrected chi connectivity index (χ4v) is 5.66. The highest BCUT2D eigenvalue weighted by atomic mass is 16.3. The predicted octanol–water partition coefficient (Wildman–Crippen LogP) is 5.63. The van der Waals surface area contributed by atoms with Gasteiger partial charge < -0.3 is 5.11 Å². The summed E-state index contributed by atoms with van der Waals surface area (Å²) in [6, 6.07) is 8.01. The lowest BCUT2D eigenvalue weighted by Gasteiger charge is -2.53. The number of ketones is 1. The van der Waals surface area contributed by atoms with Crippen LogP contribution in [-0.2, 0) is 10.2 Å². The summed E-state index contributed by atoms with van der Waals surface area (Å²) in [5.74, 6) is 2.96. The van der Waals surface area contributed by atoms with Gasteiger partial charge in [-0.15, -0.1) is 0 Å². The van der Waals surface area contributed by atoms with Gasteiger partial charge in [0.05, 0.1) is 0 Å². The normalized spacial score (nSPS) is 32.0. The maximum atomic E-state index is 11.8. The van der Waals surface area contributed by atoms with Crippen LogP contribution in [0.5, 0.6) is 5.75 Å². The highest BCUT2D eigenvalue weighted by Crippen LogP contribution is 2.55. The Bertz CT molecular complexity index is 552. The second kappa shape index (κ2) is 7.29. The molecule has 0 aliphatic heterocycles. The van der Waals surface area contributed by atoms with Crippen molar-refractivity contribution in [1.82, 2.24) is 0 Å². The molecular weight excluding hydrogens is 296 g/mol. The van der Waals surface area contributed by atoms with Crippen molar-refractivity contribution < 1.29 is 9.90 Å². The van der Waals surface area contributed by atoms with Crippen molar-refractivity contribution in [3.63, 3.8) is 0 Å². The number of hydrogen-bond acceptors (Lipinski definition) is 2. The third kappa shape index (κ3) is 3.12. The molecule has 2 aliphatic carbocycles. The van der Waals surface area contributed by atoms with E-state index in [0.717, 1.165) is 31.6 Å². The number of hydrogen-bond donors (Lipinski definition) is 1. The number of Topliss-reactive ketones (excluding diaryl/α,β-unsaturated/α-hetero) is 1. The average Bonchev–Trinajstić information content (AvgIpc) is 2.62. The second-order valence-electron chi connectivity index (χ2n) is 8.05. The number of aromatic hydroxyl groups is 1. The Balaban J connectivity index is 1.99. The maximum Gasteiger partial charge on any atom is 0.132 e. The van der Waals surface area contributed by atoms with E-state index in [1.807, 2.05) is 12.1 Å². The number of rotatable bonds is 4. The summed E-state index contributed by atoms with van der Waals surface area (Å²) >= 11 is 0. The highest BCUT2D eigenvalue weighted by Gasteiger charge is 2.49. The predicted molar refractivity (Wildman–Crippen MR) is 98.2 cm³/mol. The number of phenols is 1. The first-order valence-electron chi connectivity index (χ1n) is 9.91. The van der Waals surface area contributed by atoms with Gasteiger partial charge in [0.2, 0.25) is 0 Å². The van der Waals surface area contributed by atoms with Crippen LogP contribution in [0.4, 0.5) is 0 Å². The maximum absolute atomic E-state index is 11.8. The third-order valence-corrected chi connectivity index (χ3v) is 7.06. The highest BCUT2D eigenvalue weighted by molar-refractivity contribution is 5.79. The molecule has 24 heavy (non-hydrogen) atoms. The lowest BCUT2D eigenvalue weighted by Crippen LogP contribution is -2.47. The van der Waals surface area contributed by atoms with E-state index in [2.05, 4.69) is 26.0 Å². The molecule has 0 spiro atoms. The second-order valence-corrected chi connectivity index (χ2v) is 8.05. The van der Waals surface area contributed by atoms with Gasteiger partial charge in [0.1, 0.15) is 11.5 Å². The molecule has 2 nitrogen and oxygen atoms in total. The van der Waals surface area contributed by atoms with E-state index in [1.165, 1.54) is 37.7 Å². The molecule has 132 valence electrons. The Kier molecular flexibility index (Phi) is 5.32. The van der Waals surface area contributed by atoms with Gasteiger partial charge in [-0.05, 0) is 67.6 Å². The summed E-state index contributed by atoms with van der Waals surface area (Å²) in [6.07, 6.45) is 9.98. The molecule has 0 heterocycles. The molecule has 0 amide bonds. The van der Waals surface area contributed by atoms with Crippen LogP contribution < -0.4 is 0 Å². The van der Waals surface area contributed by atoms with E-state index in [4.69, 9.17) is 0 Å². The molecule has 1 N–H and O–H groups in total. The minimum absolute atomic E-state index is 0.203. The van der Waals surface area contributed by atoms with Crippen molar-refractivity contribution >= 4 is 5.78 Å².